The molecule has 1 N–H and O–H groups in total. The third-order valence-electron chi connectivity index (χ3n) is 6.40. The van der Waals surface area contributed by atoms with Crippen LogP contribution >= 0.6 is 23.2 Å². The minimum absolute atomic E-state index is 0.0925. The Morgan fingerprint density at radius 2 is 1.55 bits per heavy atom. The van der Waals surface area contributed by atoms with E-state index in [1.54, 1.807) is 31.2 Å². The largest absolute Gasteiger partial charge is 0.352 e. The van der Waals surface area contributed by atoms with Gasteiger partial charge >= 0.3 is 0 Å². The molecule has 2 amide bonds. The first-order chi connectivity index (χ1) is 18.8. The molecule has 0 spiro atoms. The van der Waals surface area contributed by atoms with Crippen molar-refractivity contribution in [2.45, 2.75) is 52.7 Å². The first kappa shape index (κ1) is 31.5. The number of amides is 2. The molecule has 0 fully saturated rings. The van der Waals surface area contributed by atoms with Gasteiger partial charge < -0.3 is 10.2 Å². The van der Waals surface area contributed by atoms with Gasteiger partial charge in [-0.05, 0) is 62.6 Å². The highest BCUT2D eigenvalue weighted by Gasteiger charge is 2.34. The maximum Gasteiger partial charge on any atom is 0.244 e. The van der Waals surface area contributed by atoms with E-state index in [4.69, 9.17) is 23.2 Å². The number of nitrogens with one attached hydrogen (secondary N) is 1. The van der Waals surface area contributed by atoms with E-state index in [1.165, 1.54) is 4.90 Å². The first-order valence-electron chi connectivity index (χ1n) is 12.9. The number of hydrogen-bond acceptors (Lipinski definition) is 4. The summed E-state index contributed by atoms with van der Waals surface area (Å²) in [4.78, 5) is 29.2. The zero-order chi connectivity index (χ0) is 29.6. The SMILES string of the molecule is Cc1ccc(C)c(N(CC(=O)N(Cc2c(Cl)cccc2Cl)C(Cc2ccccc2)C(=O)NC(C)C)S(C)(=O)=O)c1. The summed E-state index contributed by atoms with van der Waals surface area (Å²) >= 11 is 13.0. The predicted octanol–water partition coefficient (Wildman–Crippen LogP) is 5.54. The van der Waals surface area contributed by atoms with Crippen LogP contribution < -0.4 is 9.62 Å². The molecule has 3 aromatic carbocycles. The lowest BCUT2D eigenvalue weighted by Crippen LogP contribution is -2.54. The number of aryl methyl sites for hydroxylation is 2. The Morgan fingerprint density at radius 1 is 0.925 bits per heavy atom. The summed E-state index contributed by atoms with van der Waals surface area (Å²) in [7, 11) is -3.87. The molecular weight excluding hydrogens is 569 g/mol. The van der Waals surface area contributed by atoms with Crippen LogP contribution in [-0.4, -0.2) is 50.0 Å². The Morgan fingerprint density at radius 3 is 2.12 bits per heavy atom. The van der Waals surface area contributed by atoms with Crippen LogP contribution in [0.3, 0.4) is 0 Å². The van der Waals surface area contributed by atoms with Crippen LogP contribution in [-0.2, 0) is 32.6 Å². The third-order valence-corrected chi connectivity index (χ3v) is 8.24. The monoisotopic (exact) mass is 603 g/mol. The van der Waals surface area contributed by atoms with Gasteiger partial charge in [0, 0.05) is 34.6 Å². The van der Waals surface area contributed by atoms with Gasteiger partial charge in [0.2, 0.25) is 21.8 Å². The molecule has 0 saturated carbocycles. The normalized spacial score (nSPS) is 12.2. The second-order valence-electron chi connectivity index (χ2n) is 10.2. The zero-order valence-corrected chi connectivity index (χ0v) is 25.6. The first-order valence-corrected chi connectivity index (χ1v) is 15.5. The lowest BCUT2D eigenvalue weighted by atomic mass is 10.0. The lowest BCUT2D eigenvalue weighted by Gasteiger charge is -2.34. The Kier molecular flexibility index (Phi) is 10.6. The molecule has 214 valence electrons. The van der Waals surface area contributed by atoms with Crippen molar-refractivity contribution in [1.82, 2.24) is 10.2 Å². The second-order valence-corrected chi connectivity index (χ2v) is 12.9. The highest BCUT2D eigenvalue weighted by molar-refractivity contribution is 7.92. The number of anilines is 1. The number of benzene rings is 3. The highest BCUT2D eigenvalue weighted by Crippen LogP contribution is 2.29. The number of hydrogen-bond donors (Lipinski definition) is 1. The van der Waals surface area contributed by atoms with Crippen molar-refractivity contribution in [3.8, 4) is 0 Å². The summed E-state index contributed by atoms with van der Waals surface area (Å²) in [5.41, 5.74) is 3.25. The van der Waals surface area contributed by atoms with Crippen molar-refractivity contribution in [3.63, 3.8) is 0 Å². The van der Waals surface area contributed by atoms with E-state index in [1.807, 2.05) is 63.2 Å². The smallest absolute Gasteiger partial charge is 0.244 e. The highest BCUT2D eigenvalue weighted by atomic mass is 35.5. The van der Waals surface area contributed by atoms with Gasteiger partial charge in [0.25, 0.3) is 0 Å². The van der Waals surface area contributed by atoms with E-state index in [0.717, 1.165) is 21.7 Å². The van der Waals surface area contributed by atoms with Gasteiger partial charge in [-0.3, -0.25) is 13.9 Å². The molecule has 3 rings (SSSR count). The van der Waals surface area contributed by atoms with Crippen LogP contribution in [0.1, 0.15) is 36.1 Å². The Labute approximate surface area is 247 Å². The van der Waals surface area contributed by atoms with E-state index in [2.05, 4.69) is 5.32 Å². The van der Waals surface area contributed by atoms with Crippen molar-refractivity contribution in [3.05, 3.63) is 99.0 Å². The van der Waals surface area contributed by atoms with Gasteiger partial charge in [0.1, 0.15) is 12.6 Å². The number of carbonyl (C=O) groups excluding carboxylic acids is 2. The van der Waals surface area contributed by atoms with Crippen molar-refractivity contribution < 1.29 is 18.0 Å². The summed E-state index contributed by atoms with van der Waals surface area (Å²) in [6.07, 6.45) is 1.26. The molecule has 0 bridgehead atoms. The van der Waals surface area contributed by atoms with Crippen LogP contribution in [0.2, 0.25) is 10.0 Å². The molecule has 0 aliphatic heterocycles. The van der Waals surface area contributed by atoms with Crippen LogP contribution in [0.25, 0.3) is 0 Å². The minimum atomic E-state index is -3.87. The molecule has 0 aliphatic carbocycles. The Balaban J connectivity index is 2.13. The number of halogens is 2. The van der Waals surface area contributed by atoms with Crippen molar-refractivity contribution in [2.24, 2.45) is 0 Å². The number of nitrogens with zero attached hydrogens (tertiary/aromatic N) is 2. The zero-order valence-electron chi connectivity index (χ0n) is 23.3. The van der Waals surface area contributed by atoms with E-state index < -0.39 is 28.5 Å². The van der Waals surface area contributed by atoms with E-state index >= 15 is 0 Å². The maximum atomic E-state index is 14.2. The molecular formula is C30H35Cl2N3O4S. The van der Waals surface area contributed by atoms with Gasteiger partial charge in [-0.25, -0.2) is 8.42 Å². The molecule has 1 atom stereocenters. The molecule has 0 aliphatic rings. The lowest BCUT2D eigenvalue weighted by molar-refractivity contribution is -0.140. The topological polar surface area (TPSA) is 86.8 Å². The molecule has 0 aromatic heterocycles. The molecule has 0 radical (unpaired) electrons. The Hall–Kier alpha value is -3.07. The summed E-state index contributed by atoms with van der Waals surface area (Å²) < 4.78 is 27.1. The number of rotatable bonds is 11. The average molecular weight is 605 g/mol. The molecule has 3 aromatic rings. The van der Waals surface area contributed by atoms with Crippen molar-refractivity contribution >= 4 is 50.7 Å². The summed E-state index contributed by atoms with van der Waals surface area (Å²) in [5.74, 6) is -0.935. The van der Waals surface area contributed by atoms with Crippen molar-refractivity contribution in [2.75, 3.05) is 17.1 Å². The van der Waals surface area contributed by atoms with Crippen LogP contribution in [0.4, 0.5) is 5.69 Å². The molecule has 10 heteroatoms. The fourth-order valence-electron chi connectivity index (χ4n) is 4.37. The minimum Gasteiger partial charge on any atom is -0.352 e. The molecule has 40 heavy (non-hydrogen) atoms. The van der Waals surface area contributed by atoms with Gasteiger partial charge in [-0.1, -0.05) is 71.7 Å². The quantitative estimate of drug-likeness (QED) is 0.312. The molecule has 0 heterocycles. The summed E-state index contributed by atoms with van der Waals surface area (Å²) in [5, 5.41) is 3.59. The number of sulfonamides is 1. The van der Waals surface area contributed by atoms with Crippen LogP contribution in [0.15, 0.2) is 66.7 Å². The third kappa shape index (κ3) is 8.22. The van der Waals surface area contributed by atoms with E-state index in [9.17, 15) is 18.0 Å². The maximum absolute atomic E-state index is 14.2. The van der Waals surface area contributed by atoms with Gasteiger partial charge in [-0.2, -0.15) is 0 Å². The fourth-order valence-corrected chi connectivity index (χ4v) is 5.79. The predicted molar refractivity (Wildman–Crippen MR) is 162 cm³/mol. The van der Waals surface area contributed by atoms with E-state index in [-0.39, 0.29) is 24.9 Å². The molecule has 1 unspecified atom stereocenters. The van der Waals surface area contributed by atoms with Crippen LogP contribution in [0.5, 0.6) is 0 Å². The van der Waals surface area contributed by atoms with Gasteiger partial charge in [0.15, 0.2) is 0 Å². The summed E-state index contributed by atoms with van der Waals surface area (Å²) in [6, 6.07) is 18.6. The van der Waals surface area contributed by atoms with E-state index in [0.29, 0.717) is 26.9 Å². The van der Waals surface area contributed by atoms with Gasteiger partial charge in [0.05, 0.1) is 11.9 Å². The molecule has 7 nitrogen and oxygen atoms in total. The van der Waals surface area contributed by atoms with Gasteiger partial charge in [-0.15, -0.1) is 0 Å². The van der Waals surface area contributed by atoms with Crippen LogP contribution in [0, 0.1) is 13.8 Å². The summed E-state index contributed by atoms with van der Waals surface area (Å²) in [6.45, 7) is 6.70. The fraction of sp³-hybridized carbons (Fsp3) is 0.333. The average Bonchev–Trinajstić information content (AvgIpc) is 2.87. The number of carbonyl (C=O) groups is 2. The van der Waals surface area contributed by atoms with Crippen molar-refractivity contribution in [1.29, 1.82) is 0 Å². The second kappa shape index (κ2) is 13.5. The molecule has 0 saturated heterocycles. The Bertz CT molecular complexity index is 1440. The standard InChI is InChI=1S/C30H35Cl2N3O4S/c1-20(2)33-30(37)28(17-23-10-7-6-8-11-23)34(18-24-25(31)12-9-13-26(24)32)29(36)19-35(40(5,38)39)27-16-21(3)14-15-22(27)4/h6-16,20,28H,17-19H2,1-5H3,(H,33,37).